The Morgan fingerprint density at radius 1 is 1.32 bits per heavy atom. The van der Waals surface area contributed by atoms with E-state index in [0.29, 0.717) is 11.1 Å². The number of phenolic OH excluding ortho intramolecular Hbond substituents is 1. The van der Waals surface area contributed by atoms with E-state index in [0.717, 1.165) is 18.4 Å². The van der Waals surface area contributed by atoms with E-state index in [1.807, 2.05) is 27.7 Å². The molecular weight excluding hydrogens is 236 g/mol. The Morgan fingerprint density at radius 2 is 1.95 bits per heavy atom. The van der Waals surface area contributed by atoms with Crippen LogP contribution >= 0.6 is 0 Å². The van der Waals surface area contributed by atoms with Gasteiger partial charge in [0.15, 0.2) is 0 Å². The Kier molecular flexibility index (Phi) is 4.78. The summed E-state index contributed by atoms with van der Waals surface area (Å²) in [4.78, 5) is 12.0. The molecule has 0 amide bonds. The minimum atomic E-state index is -0.206. The fourth-order valence-corrected chi connectivity index (χ4v) is 1.82. The van der Waals surface area contributed by atoms with Crippen molar-refractivity contribution in [3.63, 3.8) is 0 Å². The number of ketones is 1. The molecule has 1 aromatic rings. The molecule has 0 heterocycles. The number of unbranched alkanes of at least 4 members (excludes halogenated alkanes) is 1. The predicted molar refractivity (Wildman–Crippen MR) is 78.6 cm³/mol. The van der Waals surface area contributed by atoms with Gasteiger partial charge in [-0.3, -0.25) is 4.79 Å². The summed E-state index contributed by atoms with van der Waals surface area (Å²) in [6, 6.07) is 3.46. The number of Topliss-reactive ketones (excluding diaryl/α,β-unsaturated/α-hetero) is 1. The molecule has 0 aromatic heterocycles. The lowest BCUT2D eigenvalue weighted by Crippen LogP contribution is -2.13. The van der Waals surface area contributed by atoms with Crippen molar-refractivity contribution in [1.82, 2.24) is 0 Å². The highest BCUT2D eigenvalue weighted by atomic mass is 16.3. The Morgan fingerprint density at radius 3 is 2.47 bits per heavy atom. The van der Waals surface area contributed by atoms with Crippen LogP contribution in [0.15, 0.2) is 12.1 Å². The first-order chi connectivity index (χ1) is 8.77. The summed E-state index contributed by atoms with van der Waals surface area (Å²) in [7, 11) is 0. The molecule has 0 saturated heterocycles. The maximum absolute atomic E-state index is 12.0. The lowest BCUT2D eigenvalue weighted by molar-refractivity contribution is 0.105. The van der Waals surface area contributed by atoms with E-state index in [4.69, 9.17) is 0 Å². The molecular formula is C17H22O2. The third kappa shape index (κ3) is 3.86. The summed E-state index contributed by atoms with van der Waals surface area (Å²) in [6.07, 6.45) is 1.68. The number of aryl methyl sites for hydroxylation is 1. The highest BCUT2D eigenvalue weighted by Gasteiger charge is 2.21. The smallest absolute Gasteiger partial charge is 0.235 e. The zero-order chi connectivity index (χ0) is 14.6. The number of carbonyl (C=O) groups excluding carboxylic acids is 1. The van der Waals surface area contributed by atoms with E-state index in [1.54, 1.807) is 19.1 Å². The van der Waals surface area contributed by atoms with Gasteiger partial charge in [-0.25, -0.2) is 0 Å². The number of phenols is 1. The van der Waals surface area contributed by atoms with Crippen molar-refractivity contribution < 1.29 is 9.90 Å². The SMILES string of the molecule is CCCC#CC(=O)c1cc(C)c(O)c(C(C)(C)C)c1. The largest absolute Gasteiger partial charge is 0.507 e. The van der Waals surface area contributed by atoms with Gasteiger partial charge in [-0.15, -0.1) is 0 Å². The third-order valence-electron chi connectivity index (χ3n) is 2.95. The summed E-state index contributed by atoms with van der Waals surface area (Å²) < 4.78 is 0. The molecule has 1 aromatic carbocycles. The first-order valence-electron chi connectivity index (χ1n) is 6.64. The molecule has 0 fully saturated rings. The molecule has 0 saturated carbocycles. The minimum absolute atomic E-state index is 0.179. The van der Waals surface area contributed by atoms with Gasteiger partial charge in [0.25, 0.3) is 0 Å². The van der Waals surface area contributed by atoms with Gasteiger partial charge in [-0.2, -0.15) is 0 Å². The monoisotopic (exact) mass is 258 g/mol. The fraction of sp³-hybridized carbons (Fsp3) is 0.471. The molecule has 0 bridgehead atoms. The molecule has 102 valence electrons. The fourth-order valence-electron chi connectivity index (χ4n) is 1.82. The Balaban J connectivity index is 3.22. The van der Waals surface area contributed by atoms with Crippen molar-refractivity contribution in [3.8, 4) is 17.6 Å². The van der Waals surface area contributed by atoms with Crippen LogP contribution in [0.3, 0.4) is 0 Å². The van der Waals surface area contributed by atoms with Crippen molar-refractivity contribution in [2.45, 2.75) is 52.9 Å². The van der Waals surface area contributed by atoms with Gasteiger partial charge in [0.05, 0.1) is 0 Å². The van der Waals surface area contributed by atoms with Crippen LogP contribution < -0.4 is 0 Å². The number of carbonyl (C=O) groups is 1. The molecule has 1 rings (SSSR count). The molecule has 19 heavy (non-hydrogen) atoms. The summed E-state index contributed by atoms with van der Waals surface area (Å²) >= 11 is 0. The van der Waals surface area contributed by atoms with Crippen LogP contribution in [0.4, 0.5) is 0 Å². The average Bonchev–Trinajstić information content (AvgIpc) is 2.31. The van der Waals surface area contributed by atoms with E-state index >= 15 is 0 Å². The van der Waals surface area contributed by atoms with Crippen LogP contribution in [-0.2, 0) is 5.41 Å². The standard InChI is InChI=1S/C17H22O2/c1-6-7-8-9-15(18)13-10-12(2)16(19)14(11-13)17(3,4)5/h10-11,19H,6-7H2,1-5H3. The lowest BCUT2D eigenvalue weighted by Gasteiger charge is -2.22. The molecule has 0 aliphatic heterocycles. The second-order valence-corrected chi connectivity index (χ2v) is 5.82. The predicted octanol–water partition coefficient (Wildman–Crippen LogP) is 3.98. The van der Waals surface area contributed by atoms with Crippen molar-refractivity contribution in [3.05, 3.63) is 28.8 Å². The highest BCUT2D eigenvalue weighted by molar-refractivity contribution is 6.09. The van der Waals surface area contributed by atoms with E-state index < -0.39 is 0 Å². The Hall–Kier alpha value is -1.75. The van der Waals surface area contributed by atoms with Gasteiger partial charge in [0.1, 0.15) is 5.75 Å². The number of hydrogen-bond acceptors (Lipinski definition) is 2. The third-order valence-corrected chi connectivity index (χ3v) is 2.95. The molecule has 0 aliphatic carbocycles. The summed E-state index contributed by atoms with van der Waals surface area (Å²) in [5.41, 5.74) is 1.85. The minimum Gasteiger partial charge on any atom is -0.507 e. The zero-order valence-electron chi connectivity index (χ0n) is 12.4. The van der Waals surface area contributed by atoms with Crippen molar-refractivity contribution >= 4 is 5.78 Å². The second-order valence-electron chi connectivity index (χ2n) is 5.82. The average molecular weight is 258 g/mol. The van der Waals surface area contributed by atoms with Gasteiger partial charge in [0, 0.05) is 17.5 Å². The topological polar surface area (TPSA) is 37.3 Å². The summed E-state index contributed by atoms with van der Waals surface area (Å²) in [5.74, 6) is 5.61. The Bertz CT molecular complexity index is 537. The van der Waals surface area contributed by atoms with E-state index in [1.165, 1.54) is 0 Å². The number of rotatable bonds is 2. The molecule has 0 spiro atoms. The number of aromatic hydroxyl groups is 1. The van der Waals surface area contributed by atoms with Crippen molar-refractivity contribution in [2.75, 3.05) is 0 Å². The second kappa shape index (κ2) is 5.93. The van der Waals surface area contributed by atoms with Crippen LogP contribution in [0.2, 0.25) is 0 Å². The number of benzene rings is 1. The van der Waals surface area contributed by atoms with E-state index in [-0.39, 0.29) is 16.9 Å². The molecule has 0 aliphatic rings. The molecule has 1 N–H and O–H groups in total. The maximum atomic E-state index is 12.0. The van der Waals surface area contributed by atoms with E-state index in [2.05, 4.69) is 11.8 Å². The normalized spacial score (nSPS) is 10.8. The van der Waals surface area contributed by atoms with Gasteiger partial charge >= 0.3 is 0 Å². The van der Waals surface area contributed by atoms with Crippen LogP contribution in [0, 0.1) is 18.8 Å². The summed E-state index contributed by atoms with van der Waals surface area (Å²) in [5, 5.41) is 10.1. The van der Waals surface area contributed by atoms with Crippen LogP contribution in [0.5, 0.6) is 5.75 Å². The first kappa shape index (κ1) is 15.3. The molecule has 0 unspecified atom stereocenters. The molecule has 2 nitrogen and oxygen atoms in total. The molecule has 0 radical (unpaired) electrons. The number of hydrogen-bond donors (Lipinski definition) is 1. The van der Waals surface area contributed by atoms with E-state index in [9.17, 15) is 9.90 Å². The van der Waals surface area contributed by atoms with Gasteiger partial charge < -0.3 is 5.11 Å². The lowest BCUT2D eigenvalue weighted by atomic mass is 9.84. The quantitative estimate of drug-likeness (QED) is 0.495. The zero-order valence-corrected chi connectivity index (χ0v) is 12.4. The van der Waals surface area contributed by atoms with Crippen LogP contribution in [-0.4, -0.2) is 10.9 Å². The maximum Gasteiger partial charge on any atom is 0.235 e. The summed E-state index contributed by atoms with van der Waals surface area (Å²) in [6.45, 7) is 9.87. The van der Waals surface area contributed by atoms with Gasteiger partial charge in [0.2, 0.25) is 5.78 Å². The van der Waals surface area contributed by atoms with Crippen LogP contribution in [0.25, 0.3) is 0 Å². The molecule has 0 atom stereocenters. The first-order valence-corrected chi connectivity index (χ1v) is 6.64. The van der Waals surface area contributed by atoms with Crippen molar-refractivity contribution in [1.29, 1.82) is 0 Å². The highest BCUT2D eigenvalue weighted by Crippen LogP contribution is 2.34. The molecule has 2 heteroatoms. The van der Waals surface area contributed by atoms with Gasteiger partial charge in [-0.1, -0.05) is 33.6 Å². The Labute approximate surface area is 115 Å². The van der Waals surface area contributed by atoms with Crippen molar-refractivity contribution in [2.24, 2.45) is 0 Å². The van der Waals surface area contributed by atoms with Gasteiger partial charge in [-0.05, 0) is 42.4 Å². The van der Waals surface area contributed by atoms with Crippen LogP contribution in [0.1, 0.15) is 62.0 Å².